The van der Waals surface area contributed by atoms with E-state index in [1.807, 2.05) is 0 Å². The Bertz CT molecular complexity index is 498. The van der Waals surface area contributed by atoms with E-state index in [0.717, 1.165) is 24.3 Å². The van der Waals surface area contributed by atoms with Crippen LogP contribution in [0.3, 0.4) is 0 Å². The van der Waals surface area contributed by atoms with Crippen LogP contribution in [-0.2, 0) is 4.74 Å². The third-order valence-electron chi connectivity index (χ3n) is 4.36. The first kappa shape index (κ1) is 13.2. The van der Waals surface area contributed by atoms with Crippen molar-refractivity contribution in [2.45, 2.75) is 25.7 Å². The largest absolute Gasteiger partial charge is 0.465 e. The smallest absolute Gasteiger partial charge is 0.340 e. The zero-order chi connectivity index (χ0) is 14.1. The summed E-state index contributed by atoms with van der Waals surface area (Å²) in [5, 5.41) is 3.33. The molecular formula is C15H21N3O2. The van der Waals surface area contributed by atoms with Gasteiger partial charge in [-0.3, -0.25) is 0 Å². The van der Waals surface area contributed by atoms with Crippen molar-refractivity contribution in [3.05, 3.63) is 17.8 Å². The number of hydrogen-bond acceptors (Lipinski definition) is 5. The third-order valence-corrected chi connectivity index (χ3v) is 4.36. The Kier molecular flexibility index (Phi) is 3.51. The van der Waals surface area contributed by atoms with Crippen LogP contribution in [0.1, 0.15) is 36.0 Å². The van der Waals surface area contributed by atoms with Gasteiger partial charge >= 0.3 is 5.97 Å². The van der Waals surface area contributed by atoms with Crippen molar-refractivity contribution < 1.29 is 9.53 Å². The molecule has 0 saturated heterocycles. The molecule has 2 aliphatic carbocycles. The zero-order valence-corrected chi connectivity index (χ0v) is 11.8. The predicted octanol–water partition coefficient (Wildman–Crippen LogP) is 2.30. The van der Waals surface area contributed by atoms with E-state index in [1.54, 1.807) is 12.3 Å². The molecule has 0 bridgehead atoms. The number of anilines is 2. The zero-order valence-electron chi connectivity index (χ0n) is 11.8. The number of rotatable bonds is 6. The van der Waals surface area contributed by atoms with Crippen molar-refractivity contribution in [2.24, 2.45) is 17.8 Å². The molecule has 5 heteroatoms. The molecule has 0 spiro atoms. The van der Waals surface area contributed by atoms with Gasteiger partial charge in [0, 0.05) is 12.7 Å². The minimum absolute atomic E-state index is 0.374. The number of nitrogens with one attached hydrogen (secondary N) is 1. The van der Waals surface area contributed by atoms with Gasteiger partial charge in [0.15, 0.2) is 0 Å². The lowest BCUT2D eigenvalue weighted by atomic mass is 9.98. The molecular weight excluding hydrogens is 254 g/mol. The normalized spacial score (nSPS) is 18.1. The van der Waals surface area contributed by atoms with E-state index in [0.29, 0.717) is 17.1 Å². The Morgan fingerprint density at radius 3 is 2.65 bits per heavy atom. The number of methoxy groups -OCH3 is 1. The number of nitrogens with two attached hydrogens (primary N) is 1. The fourth-order valence-corrected chi connectivity index (χ4v) is 2.88. The van der Waals surface area contributed by atoms with Crippen molar-refractivity contribution in [1.29, 1.82) is 0 Å². The molecule has 2 aliphatic rings. The molecule has 3 rings (SSSR count). The van der Waals surface area contributed by atoms with E-state index in [-0.39, 0.29) is 0 Å². The highest BCUT2D eigenvalue weighted by Gasteiger charge is 2.41. The SMILES string of the molecule is COC(=O)c1ccnc(NCC(C2CC2)C2CC2)c1N. The van der Waals surface area contributed by atoms with Gasteiger partial charge in [0.1, 0.15) is 5.82 Å². The minimum Gasteiger partial charge on any atom is -0.465 e. The summed E-state index contributed by atoms with van der Waals surface area (Å²) in [6, 6.07) is 1.59. The topological polar surface area (TPSA) is 77.2 Å². The van der Waals surface area contributed by atoms with Crippen LogP contribution in [0, 0.1) is 17.8 Å². The average molecular weight is 275 g/mol. The third kappa shape index (κ3) is 2.71. The summed E-state index contributed by atoms with van der Waals surface area (Å²) in [7, 11) is 1.35. The molecule has 0 radical (unpaired) electrons. The van der Waals surface area contributed by atoms with Crippen molar-refractivity contribution in [2.75, 3.05) is 24.7 Å². The fraction of sp³-hybridized carbons (Fsp3) is 0.600. The van der Waals surface area contributed by atoms with Gasteiger partial charge in [-0.1, -0.05) is 0 Å². The summed E-state index contributed by atoms with van der Waals surface area (Å²) in [4.78, 5) is 15.8. The van der Waals surface area contributed by atoms with E-state index < -0.39 is 5.97 Å². The molecule has 2 fully saturated rings. The van der Waals surface area contributed by atoms with Crippen LogP contribution in [0.15, 0.2) is 12.3 Å². The Hall–Kier alpha value is -1.78. The van der Waals surface area contributed by atoms with Gasteiger partial charge in [-0.15, -0.1) is 0 Å². The number of aromatic nitrogens is 1. The van der Waals surface area contributed by atoms with Crippen molar-refractivity contribution in [3.8, 4) is 0 Å². The molecule has 1 heterocycles. The molecule has 0 aromatic carbocycles. The summed E-state index contributed by atoms with van der Waals surface area (Å²) in [5.74, 6) is 2.66. The molecule has 3 N–H and O–H groups in total. The molecule has 0 amide bonds. The van der Waals surface area contributed by atoms with Gasteiger partial charge in [-0.2, -0.15) is 0 Å². The number of nitrogen functional groups attached to an aromatic ring is 1. The van der Waals surface area contributed by atoms with Crippen molar-refractivity contribution in [1.82, 2.24) is 4.98 Å². The van der Waals surface area contributed by atoms with Crippen LogP contribution < -0.4 is 11.1 Å². The highest BCUT2D eigenvalue weighted by Crippen LogP contribution is 2.49. The van der Waals surface area contributed by atoms with Crippen LogP contribution in [0.2, 0.25) is 0 Å². The average Bonchev–Trinajstić information content (AvgIpc) is 3.33. The molecule has 2 saturated carbocycles. The lowest BCUT2D eigenvalue weighted by molar-refractivity contribution is 0.0602. The molecule has 108 valence electrons. The van der Waals surface area contributed by atoms with E-state index in [1.165, 1.54) is 32.8 Å². The number of carbonyl (C=O) groups excluding carboxylic acids is 1. The fourth-order valence-electron chi connectivity index (χ4n) is 2.88. The van der Waals surface area contributed by atoms with Crippen LogP contribution in [-0.4, -0.2) is 24.6 Å². The van der Waals surface area contributed by atoms with Crippen molar-refractivity contribution >= 4 is 17.5 Å². The quantitative estimate of drug-likeness (QED) is 0.779. The second-order valence-corrected chi connectivity index (χ2v) is 5.83. The summed E-state index contributed by atoms with van der Waals surface area (Å²) in [6.45, 7) is 0.900. The minimum atomic E-state index is -0.422. The Labute approximate surface area is 118 Å². The summed E-state index contributed by atoms with van der Waals surface area (Å²) >= 11 is 0. The number of hydrogen-bond donors (Lipinski definition) is 2. The second kappa shape index (κ2) is 5.31. The molecule has 1 aromatic rings. The molecule has 5 nitrogen and oxygen atoms in total. The first-order chi connectivity index (χ1) is 9.70. The maximum absolute atomic E-state index is 11.6. The second-order valence-electron chi connectivity index (χ2n) is 5.83. The van der Waals surface area contributed by atoms with E-state index in [4.69, 9.17) is 10.5 Å². The molecule has 20 heavy (non-hydrogen) atoms. The van der Waals surface area contributed by atoms with Gasteiger partial charge in [0.2, 0.25) is 0 Å². The number of esters is 1. The molecule has 0 aliphatic heterocycles. The standard InChI is InChI=1S/C15H21N3O2/c1-20-15(19)11-6-7-17-14(13(11)16)18-8-12(9-2-3-9)10-4-5-10/h6-7,9-10,12H,2-5,8,16H2,1H3,(H,17,18). The lowest BCUT2D eigenvalue weighted by Crippen LogP contribution is -2.20. The Morgan fingerprint density at radius 2 is 2.10 bits per heavy atom. The maximum Gasteiger partial charge on any atom is 0.340 e. The van der Waals surface area contributed by atoms with Crippen molar-refractivity contribution in [3.63, 3.8) is 0 Å². The number of pyridine rings is 1. The first-order valence-corrected chi connectivity index (χ1v) is 7.27. The maximum atomic E-state index is 11.6. The summed E-state index contributed by atoms with van der Waals surface area (Å²) in [5.41, 5.74) is 6.76. The van der Waals surface area contributed by atoms with E-state index in [2.05, 4.69) is 10.3 Å². The summed E-state index contributed by atoms with van der Waals surface area (Å²) < 4.78 is 4.72. The number of ether oxygens (including phenoxy) is 1. The molecule has 1 aromatic heterocycles. The molecule has 0 atom stereocenters. The highest BCUT2D eigenvalue weighted by molar-refractivity contribution is 5.97. The Balaban J connectivity index is 1.68. The van der Waals surface area contributed by atoms with Gasteiger partial charge in [-0.05, 0) is 49.5 Å². The summed E-state index contributed by atoms with van der Waals surface area (Å²) in [6.07, 6.45) is 7.01. The first-order valence-electron chi connectivity index (χ1n) is 7.27. The van der Waals surface area contributed by atoms with Crippen LogP contribution >= 0.6 is 0 Å². The van der Waals surface area contributed by atoms with Gasteiger partial charge in [-0.25, -0.2) is 9.78 Å². The number of carbonyl (C=O) groups is 1. The van der Waals surface area contributed by atoms with Gasteiger partial charge < -0.3 is 15.8 Å². The van der Waals surface area contributed by atoms with E-state index in [9.17, 15) is 4.79 Å². The van der Waals surface area contributed by atoms with Gasteiger partial charge in [0.25, 0.3) is 0 Å². The van der Waals surface area contributed by atoms with Crippen LogP contribution in [0.5, 0.6) is 0 Å². The number of nitrogens with zero attached hydrogens (tertiary/aromatic N) is 1. The Morgan fingerprint density at radius 1 is 1.45 bits per heavy atom. The highest BCUT2D eigenvalue weighted by atomic mass is 16.5. The molecule has 0 unspecified atom stereocenters. The predicted molar refractivity (Wildman–Crippen MR) is 77.4 cm³/mol. The monoisotopic (exact) mass is 275 g/mol. The lowest BCUT2D eigenvalue weighted by Gasteiger charge is -2.18. The van der Waals surface area contributed by atoms with Crippen LogP contribution in [0.25, 0.3) is 0 Å². The van der Waals surface area contributed by atoms with Gasteiger partial charge in [0.05, 0.1) is 18.4 Å². The van der Waals surface area contributed by atoms with E-state index >= 15 is 0 Å². The van der Waals surface area contributed by atoms with Crippen LogP contribution in [0.4, 0.5) is 11.5 Å².